The smallest absolute Gasteiger partial charge is 0.0637 e. The summed E-state index contributed by atoms with van der Waals surface area (Å²) in [5.74, 6) is 0. The molecule has 0 aliphatic heterocycles. The van der Waals surface area contributed by atoms with Gasteiger partial charge in [-0.1, -0.05) is 39.2 Å². The highest BCUT2D eigenvalue weighted by Crippen LogP contribution is 1.99. The Kier molecular flexibility index (Phi) is 13.2. The molecule has 0 amide bonds. The summed E-state index contributed by atoms with van der Waals surface area (Å²) in [5.41, 5.74) is 0.965. The van der Waals surface area contributed by atoms with Crippen molar-refractivity contribution in [2.75, 3.05) is 27.3 Å². The molecule has 0 aromatic carbocycles. The minimum absolute atomic E-state index is 0.720. The van der Waals surface area contributed by atoms with Crippen LogP contribution in [0.15, 0.2) is 37.1 Å². The summed E-state index contributed by atoms with van der Waals surface area (Å²) >= 11 is 0. The summed E-state index contributed by atoms with van der Waals surface area (Å²) in [7, 11) is 3.67. The predicted octanol–water partition coefficient (Wildman–Crippen LogP) is 2.85. The molecule has 2 nitrogen and oxygen atoms in total. The Bertz CT molecular complexity index is 173. The lowest BCUT2D eigenvalue weighted by molar-refractivity contribution is 0.175. The van der Waals surface area contributed by atoms with Crippen molar-refractivity contribution < 1.29 is 4.74 Å². The Balaban J connectivity index is 0. The molecule has 0 bridgehead atoms. The minimum Gasteiger partial charge on any atom is -0.383 e. The van der Waals surface area contributed by atoms with E-state index in [1.165, 1.54) is 0 Å². The fourth-order valence-electron chi connectivity index (χ4n) is 0.678. The number of methoxy groups -OCH3 is 1. The highest BCUT2D eigenvalue weighted by atomic mass is 16.5. The van der Waals surface area contributed by atoms with Crippen molar-refractivity contribution in [3.8, 4) is 0 Å². The van der Waals surface area contributed by atoms with Gasteiger partial charge in [0.15, 0.2) is 0 Å². The van der Waals surface area contributed by atoms with E-state index < -0.39 is 0 Å². The number of hydrogen-bond donors (Lipinski definition) is 0. The SMILES string of the molecule is C=C/C=C\C(=C)N(C)CCOC.CC. The second-order valence-electron chi connectivity index (χ2n) is 2.50. The van der Waals surface area contributed by atoms with E-state index in [1.54, 1.807) is 13.2 Å². The van der Waals surface area contributed by atoms with Gasteiger partial charge in [0.05, 0.1) is 6.61 Å². The van der Waals surface area contributed by atoms with Crippen LogP contribution in [0.3, 0.4) is 0 Å². The zero-order chi connectivity index (χ0) is 11.4. The fraction of sp³-hybridized carbons (Fsp3) is 0.500. The molecule has 0 aromatic rings. The van der Waals surface area contributed by atoms with E-state index in [9.17, 15) is 0 Å². The van der Waals surface area contributed by atoms with E-state index in [-0.39, 0.29) is 0 Å². The fourth-order valence-corrected chi connectivity index (χ4v) is 0.678. The third-order valence-electron chi connectivity index (χ3n) is 1.55. The monoisotopic (exact) mass is 197 g/mol. The third-order valence-corrected chi connectivity index (χ3v) is 1.55. The first kappa shape index (κ1) is 15.5. The first-order valence-corrected chi connectivity index (χ1v) is 4.90. The van der Waals surface area contributed by atoms with Crippen LogP contribution in [0, 0.1) is 0 Å². The lowest BCUT2D eigenvalue weighted by Crippen LogP contribution is -2.20. The maximum Gasteiger partial charge on any atom is 0.0637 e. The Morgan fingerprint density at radius 2 is 2.00 bits per heavy atom. The Morgan fingerprint density at radius 3 is 2.43 bits per heavy atom. The van der Waals surface area contributed by atoms with E-state index in [0.29, 0.717) is 0 Å². The quantitative estimate of drug-likeness (QED) is 0.607. The number of allylic oxidation sites excluding steroid dienone is 3. The minimum atomic E-state index is 0.720. The van der Waals surface area contributed by atoms with Gasteiger partial charge in [0.25, 0.3) is 0 Å². The van der Waals surface area contributed by atoms with Gasteiger partial charge in [-0.15, -0.1) is 0 Å². The van der Waals surface area contributed by atoms with Gasteiger partial charge < -0.3 is 9.64 Å². The number of likely N-dealkylation sites (N-methyl/N-ethyl adjacent to an activating group) is 1. The van der Waals surface area contributed by atoms with Gasteiger partial charge in [-0.05, 0) is 6.08 Å². The van der Waals surface area contributed by atoms with Crippen molar-refractivity contribution in [2.24, 2.45) is 0 Å². The van der Waals surface area contributed by atoms with Gasteiger partial charge in [0.2, 0.25) is 0 Å². The van der Waals surface area contributed by atoms with Crippen LogP contribution in [0.4, 0.5) is 0 Å². The van der Waals surface area contributed by atoms with Gasteiger partial charge in [0.1, 0.15) is 0 Å². The van der Waals surface area contributed by atoms with Gasteiger partial charge in [-0.2, -0.15) is 0 Å². The molecule has 2 heteroatoms. The average Bonchev–Trinajstić information content (AvgIpc) is 2.25. The van der Waals surface area contributed by atoms with Crippen LogP contribution >= 0.6 is 0 Å². The van der Waals surface area contributed by atoms with Crippen LogP contribution < -0.4 is 0 Å². The molecule has 0 aromatic heterocycles. The van der Waals surface area contributed by atoms with Crippen LogP contribution in [0.1, 0.15) is 13.8 Å². The van der Waals surface area contributed by atoms with E-state index >= 15 is 0 Å². The molecule has 0 saturated heterocycles. The van der Waals surface area contributed by atoms with Crippen LogP contribution in [0.2, 0.25) is 0 Å². The molecule has 0 aliphatic rings. The first-order chi connectivity index (χ1) is 6.72. The standard InChI is InChI=1S/C10H17NO.C2H6/c1-5-6-7-10(2)11(3)8-9-12-4;1-2/h5-7H,1-2,8-9H2,3-4H3;1-2H3/b7-6-;. The van der Waals surface area contributed by atoms with E-state index in [1.807, 2.05) is 37.9 Å². The van der Waals surface area contributed by atoms with E-state index in [0.717, 1.165) is 18.8 Å². The molecule has 0 saturated carbocycles. The Labute approximate surface area is 88.6 Å². The summed E-state index contributed by atoms with van der Waals surface area (Å²) < 4.78 is 4.94. The molecule has 0 heterocycles. The van der Waals surface area contributed by atoms with Crippen LogP contribution in [-0.2, 0) is 4.74 Å². The van der Waals surface area contributed by atoms with Crippen molar-refractivity contribution in [3.63, 3.8) is 0 Å². The molecule has 0 aliphatic carbocycles. The molecule has 0 unspecified atom stereocenters. The predicted molar refractivity (Wildman–Crippen MR) is 64.3 cm³/mol. The van der Waals surface area contributed by atoms with Gasteiger partial charge in [-0.25, -0.2) is 0 Å². The molecule has 14 heavy (non-hydrogen) atoms. The number of ether oxygens (including phenoxy) is 1. The van der Waals surface area contributed by atoms with Crippen LogP contribution in [0.25, 0.3) is 0 Å². The van der Waals surface area contributed by atoms with E-state index in [2.05, 4.69) is 13.2 Å². The molecule has 82 valence electrons. The Morgan fingerprint density at radius 1 is 1.43 bits per heavy atom. The summed E-state index contributed by atoms with van der Waals surface area (Å²) in [6, 6.07) is 0. The van der Waals surface area contributed by atoms with Gasteiger partial charge in [-0.3, -0.25) is 0 Å². The largest absolute Gasteiger partial charge is 0.383 e. The maximum atomic E-state index is 4.94. The van der Waals surface area contributed by atoms with Gasteiger partial charge in [0, 0.05) is 26.4 Å². The molecular weight excluding hydrogens is 174 g/mol. The van der Waals surface area contributed by atoms with Crippen molar-refractivity contribution in [2.45, 2.75) is 13.8 Å². The molecular formula is C12H23NO. The third kappa shape index (κ3) is 9.07. The lowest BCUT2D eigenvalue weighted by atomic mass is 10.3. The summed E-state index contributed by atoms with van der Waals surface area (Å²) in [4.78, 5) is 2.03. The molecule has 0 N–H and O–H groups in total. The summed E-state index contributed by atoms with van der Waals surface area (Å²) in [6.45, 7) is 13.0. The topological polar surface area (TPSA) is 12.5 Å². The second kappa shape index (κ2) is 12.0. The van der Waals surface area contributed by atoms with Crippen molar-refractivity contribution in [1.82, 2.24) is 4.90 Å². The molecule has 0 spiro atoms. The molecule has 0 radical (unpaired) electrons. The second-order valence-corrected chi connectivity index (χ2v) is 2.50. The highest BCUT2D eigenvalue weighted by Gasteiger charge is 1.95. The zero-order valence-corrected chi connectivity index (χ0v) is 9.92. The van der Waals surface area contributed by atoms with E-state index in [4.69, 9.17) is 4.74 Å². The van der Waals surface area contributed by atoms with Crippen molar-refractivity contribution in [3.05, 3.63) is 37.1 Å². The first-order valence-electron chi connectivity index (χ1n) is 4.90. The summed E-state index contributed by atoms with van der Waals surface area (Å²) in [6.07, 6.45) is 5.52. The average molecular weight is 197 g/mol. The van der Waals surface area contributed by atoms with Crippen LogP contribution in [-0.4, -0.2) is 32.2 Å². The molecule has 0 atom stereocenters. The lowest BCUT2D eigenvalue weighted by Gasteiger charge is -2.18. The highest BCUT2D eigenvalue weighted by molar-refractivity contribution is 5.16. The van der Waals surface area contributed by atoms with Gasteiger partial charge >= 0.3 is 0 Å². The summed E-state index contributed by atoms with van der Waals surface area (Å²) in [5, 5.41) is 0. The number of rotatable bonds is 6. The Hall–Kier alpha value is -1.02. The van der Waals surface area contributed by atoms with Crippen LogP contribution in [0.5, 0.6) is 0 Å². The normalized spacial score (nSPS) is 9.14. The number of hydrogen-bond acceptors (Lipinski definition) is 2. The van der Waals surface area contributed by atoms with Crippen molar-refractivity contribution >= 4 is 0 Å². The van der Waals surface area contributed by atoms with Crippen molar-refractivity contribution in [1.29, 1.82) is 0 Å². The zero-order valence-electron chi connectivity index (χ0n) is 9.92. The maximum absolute atomic E-state index is 4.94. The number of nitrogens with zero attached hydrogens (tertiary/aromatic N) is 1. The molecule has 0 fully saturated rings. The molecule has 0 rings (SSSR count).